The first-order chi connectivity index (χ1) is 6.95. The normalized spacial score (nSPS) is 10.1. The fourth-order valence-corrected chi connectivity index (χ4v) is 1.81. The summed E-state index contributed by atoms with van der Waals surface area (Å²) in [4.78, 5) is 4.41. The number of benzene rings is 2. The van der Waals surface area contributed by atoms with E-state index in [-0.39, 0.29) is 13.5 Å². The second kappa shape index (κ2) is 3.91. The van der Waals surface area contributed by atoms with Crippen LogP contribution in [0.1, 0.15) is 0 Å². The van der Waals surface area contributed by atoms with E-state index in [0.717, 1.165) is 5.52 Å². The van der Waals surface area contributed by atoms with Gasteiger partial charge >= 0.3 is 0 Å². The topological polar surface area (TPSA) is 12.9 Å². The largest absolute Gasteiger partial charge is 0.256 e. The van der Waals surface area contributed by atoms with Gasteiger partial charge in [-0.05, 0) is 11.5 Å². The van der Waals surface area contributed by atoms with E-state index in [1.165, 1.54) is 16.2 Å². The van der Waals surface area contributed by atoms with Crippen LogP contribution in [0.15, 0.2) is 54.7 Å². The molecule has 0 atom stereocenters. The highest BCUT2D eigenvalue weighted by Crippen LogP contribution is 2.22. The maximum absolute atomic E-state index is 4.41. The monoisotopic (exact) mass is 213 g/mol. The minimum atomic E-state index is 0. The molecule has 0 spiro atoms. The Morgan fingerprint density at radius 3 is 2.27 bits per heavy atom. The Kier molecular flexibility index (Phi) is 2.60. The van der Waals surface area contributed by atoms with Gasteiger partial charge in [0, 0.05) is 17.0 Å². The van der Waals surface area contributed by atoms with Crippen molar-refractivity contribution < 1.29 is 0 Å². The second-order valence-corrected chi connectivity index (χ2v) is 3.36. The summed E-state index contributed by atoms with van der Waals surface area (Å²) >= 11 is 0. The molecule has 0 amide bonds. The summed E-state index contributed by atoms with van der Waals surface area (Å²) in [7, 11) is 0. The van der Waals surface area contributed by atoms with Crippen molar-refractivity contribution in [3.63, 3.8) is 0 Å². The van der Waals surface area contributed by atoms with Crippen LogP contribution in [0, 0.1) is 0 Å². The highest BCUT2D eigenvalue weighted by molar-refractivity contribution is 7.59. The summed E-state index contributed by atoms with van der Waals surface area (Å²) in [6.07, 6.45) is 1.93. The summed E-state index contributed by atoms with van der Waals surface area (Å²) in [5.74, 6) is 0. The van der Waals surface area contributed by atoms with Gasteiger partial charge in [-0.1, -0.05) is 42.5 Å². The number of hydrogen-bond donors (Lipinski definition) is 0. The van der Waals surface area contributed by atoms with Crippen LogP contribution in [0.5, 0.6) is 0 Å². The molecule has 0 radical (unpaired) electrons. The van der Waals surface area contributed by atoms with E-state index < -0.39 is 0 Å². The Labute approximate surface area is 95.2 Å². The number of fused-ring (bicyclic) bond motifs is 3. The molecule has 1 heterocycles. The van der Waals surface area contributed by atoms with Crippen LogP contribution in [-0.2, 0) is 0 Å². The lowest BCUT2D eigenvalue weighted by Crippen LogP contribution is -1.80. The number of aromatic nitrogens is 1. The smallest absolute Gasteiger partial charge is 0.0708 e. The SMILES string of the molecule is S.c1ccc2c(c1)cnc1ccccc12. The van der Waals surface area contributed by atoms with Gasteiger partial charge in [-0.3, -0.25) is 4.98 Å². The lowest BCUT2D eigenvalue weighted by Gasteiger charge is -2.01. The van der Waals surface area contributed by atoms with Gasteiger partial charge in [-0.25, -0.2) is 0 Å². The molecule has 1 aromatic heterocycles. The zero-order chi connectivity index (χ0) is 9.38. The molecule has 0 N–H and O–H groups in total. The van der Waals surface area contributed by atoms with Gasteiger partial charge in [-0.2, -0.15) is 13.5 Å². The summed E-state index contributed by atoms with van der Waals surface area (Å²) in [6, 6.07) is 16.6. The summed E-state index contributed by atoms with van der Waals surface area (Å²) in [6.45, 7) is 0. The van der Waals surface area contributed by atoms with Crippen molar-refractivity contribution in [2.75, 3.05) is 0 Å². The molecule has 0 fully saturated rings. The summed E-state index contributed by atoms with van der Waals surface area (Å²) in [5, 5.41) is 3.70. The van der Waals surface area contributed by atoms with Crippen LogP contribution in [0.2, 0.25) is 0 Å². The molecule has 74 valence electrons. The van der Waals surface area contributed by atoms with Crippen molar-refractivity contribution in [1.29, 1.82) is 0 Å². The lowest BCUT2D eigenvalue weighted by molar-refractivity contribution is 1.44. The van der Waals surface area contributed by atoms with Gasteiger partial charge in [0.25, 0.3) is 0 Å². The van der Waals surface area contributed by atoms with Crippen molar-refractivity contribution in [3.8, 4) is 0 Å². The molecule has 0 saturated carbocycles. The zero-order valence-electron chi connectivity index (χ0n) is 8.14. The molecule has 1 nitrogen and oxygen atoms in total. The quantitative estimate of drug-likeness (QED) is 0.521. The molecule has 0 saturated heterocycles. The molecular formula is C13H11NS. The number of pyridine rings is 1. The van der Waals surface area contributed by atoms with Gasteiger partial charge < -0.3 is 0 Å². The molecule has 3 aromatic rings. The van der Waals surface area contributed by atoms with E-state index in [2.05, 4.69) is 35.3 Å². The van der Waals surface area contributed by atoms with Gasteiger partial charge in [0.05, 0.1) is 5.52 Å². The first kappa shape index (κ1) is 9.99. The van der Waals surface area contributed by atoms with E-state index in [9.17, 15) is 0 Å². The van der Waals surface area contributed by atoms with Crippen molar-refractivity contribution in [2.24, 2.45) is 0 Å². The van der Waals surface area contributed by atoms with E-state index >= 15 is 0 Å². The Morgan fingerprint density at radius 2 is 1.40 bits per heavy atom. The number of hydrogen-bond acceptors (Lipinski definition) is 1. The van der Waals surface area contributed by atoms with Gasteiger partial charge in [0.2, 0.25) is 0 Å². The molecule has 0 unspecified atom stereocenters. The Hall–Kier alpha value is -1.54. The van der Waals surface area contributed by atoms with Crippen molar-refractivity contribution in [1.82, 2.24) is 4.98 Å². The number of nitrogens with zero attached hydrogens (tertiary/aromatic N) is 1. The third kappa shape index (κ3) is 1.57. The molecule has 0 aliphatic heterocycles. The van der Waals surface area contributed by atoms with Crippen LogP contribution in [0.4, 0.5) is 0 Å². The molecule has 2 aromatic carbocycles. The van der Waals surface area contributed by atoms with Crippen LogP contribution < -0.4 is 0 Å². The number of para-hydroxylation sites is 1. The van der Waals surface area contributed by atoms with E-state index in [0.29, 0.717) is 0 Å². The standard InChI is InChI=1S/C13H9N.H2S/c1-2-6-11-10(5-1)9-14-13-8-4-3-7-12(11)13;/h1-9H;1H2. The molecule has 15 heavy (non-hydrogen) atoms. The summed E-state index contributed by atoms with van der Waals surface area (Å²) in [5.41, 5.74) is 1.06. The van der Waals surface area contributed by atoms with Crippen LogP contribution in [0.3, 0.4) is 0 Å². The highest BCUT2D eigenvalue weighted by atomic mass is 32.1. The molecule has 0 aliphatic rings. The Bertz CT molecular complexity index is 550. The Balaban J connectivity index is 0.000000853. The van der Waals surface area contributed by atoms with Gasteiger partial charge in [-0.15, -0.1) is 0 Å². The van der Waals surface area contributed by atoms with E-state index in [4.69, 9.17) is 0 Å². The average molecular weight is 213 g/mol. The van der Waals surface area contributed by atoms with E-state index in [1.807, 2.05) is 24.4 Å². The van der Waals surface area contributed by atoms with Gasteiger partial charge in [0.15, 0.2) is 0 Å². The van der Waals surface area contributed by atoms with Gasteiger partial charge in [0.1, 0.15) is 0 Å². The fourth-order valence-electron chi connectivity index (χ4n) is 1.81. The zero-order valence-corrected chi connectivity index (χ0v) is 9.14. The fraction of sp³-hybridized carbons (Fsp3) is 0. The third-order valence-corrected chi connectivity index (χ3v) is 2.50. The van der Waals surface area contributed by atoms with Crippen molar-refractivity contribution in [2.45, 2.75) is 0 Å². The third-order valence-electron chi connectivity index (χ3n) is 2.50. The molecule has 3 rings (SSSR count). The highest BCUT2D eigenvalue weighted by Gasteiger charge is 1.98. The summed E-state index contributed by atoms with van der Waals surface area (Å²) < 4.78 is 0. The maximum Gasteiger partial charge on any atom is 0.0708 e. The molecule has 0 aliphatic carbocycles. The predicted molar refractivity (Wildman–Crippen MR) is 69.6 cm³/mol. The second-order valence-electron chi connectivity index (χ2n) is 3.36. The van der Waals surface area contributed by atoms with Crippen molar-refractivity contribution >= 4 is 35.2 Å². The first-order valence-corrected chi connectivity index (χ1v) is 4.68. The number of rotatable bonds is 0. The minimum Gasteiger partial charge on any atom is -0.256 e. The van der Waals surface area contributed by atoms with Crippen LogP contribution in [-0.4, -0.2) is 4.98 Å². The van der Waals surface area contributed by atoms with Crippen LogP contribution in [0.25, 0.3) is 21.7 Å². The van der Waals surface area contributed by atoms with E-state index in [1.54, 1.807) is 0 Å². The van der Waals surface area contributed by atoms with Crippen LogP contribution >= 0.6 is 13.5 Å². The Morgan fingerprint density at radius 1 is 0.733 bits per heavy atom. The maximum atomic E-state index is 4.41. The van der Waals surface area contributed by atoms with Crippen molar-refractivity contribution in [3.05, 3.63) is 54.7 Å². The average Bonchev–Trinajstić information content (AvgIpc) is 2.29. The molecular weight excluding hydrogens is 202 g/mol. The molecule has 2 heteroatoms. The first-order valence-electron chi connectivity index (χ1n) is 4.68. The minimum absolute atomic E-state index is 0. The molecule has 0 bridgehead atoms. The lowest BCUT2D eigenvalue weighted by atomic mass is 10.1. The predicted octanol–water partition coefficient (Wildman–Crippen LogP) is 3.50.